The highest BCUT2D eigenvalue weighted by Crippen LogP contribution is 2.23. The van der Waals surface area contributed by atoms with Crippen molar-refractivity contribution in [1.82, 2.24) is 14.8 Å². The van der Waals surface area contributed by atoms with Crippen LogP contribution in [0.1, 0.15) is 18.3 Å². The lowest BCUT2D eigenvalue weighted by Gasteiger charge is -2.11. The number of hydrogen-bond acceptors (Lipinski definition) is 4. The van der Waals surface area contributed by atoms with E-state index in [0.717, 1.165) is 16.8 Å². The average Bonchev–Trinajstić information content (AvgIpc) is 2.84. The topological polar surface area (TPSA) is 66.0 Å². The van der Waals surface area contributed by atoms with Gasteiger partial charge in [-0.15, -0.1) is 0 Å². The Hall–Kier alpha value is -1.47. The van der Waals surface area contributed by atoms with Gasteiger partial charge in [-0.3, -0.25) is 0 Å². The minimum Gasteiger partial charge on any atom is -0.485 e. The number of hydrogen-bond donors (Lipinski definition) is 1. The summed E-state index contributed by atoms with van der Waals surface area (Å²) in [5.74, 6) is 1.40. The van der Waals surface area contributed by atoms with Crippen LogP contribution in [0.5, 0.6) is 5.75 Å². The Morgan fingerprint density at radius 3 is 3.00 bits per heavy atom. The molecular formula is C12H13BrN4OS. The minimum absolute atomic E-state index is 0.299. The lowest BCUT2D eigenvalue weighted by atomic mass is 10.2. The second kappa shape index (κ2) is 6.12. The zero-order valence-corrected chi connectivity index (χ0v) is 12.7. The van der Waals surface area contributed by atoms with Gasteiger partial charge in [-0.05, 0) is 25.1 Å². The molecule has 1 aromatic heterocycles. The first-order valence-corrected chi connectivity index (χ1v) is 6.90. The molecule has 0 amide bonds. The molecule has 100 valence electrons. The van der Waals surface area contributed by atoms with Gasteiger partial charge in [0.05, 0.1) is 5.56 Å². The Kier molecular flexibility index (Phi) is 4.49. The van der Waals surface area contributed by atoms with Crippen LogP contribution in [0, 0.1) is 0 Å². The van der Waals surface area contributed by atoms with Crippen molar-refractivity contribution in [3.8, 4) is 5.75 Å². The van der Waals surface area contributed by atoms with Crippen LogP contribution in [0.4, 0.5) is 0 Å². The lowest BCUT2D eigenvalue weighted by Crippen LogP contribution is -2.13. The monoisotopic (exact) mass is 340 g/mol. The summed E-state index contributed by atoms with van der Waals surface area (Å²) >= 11 is 8.40. The van der Waals surface area contributed by atoms with Crippen LogP contribution >= 0.6 is 28.1 Å². The summed E-state index contributed by atoms with van der Waals surface area (Å²) in [5.41, 5.74) is 6.39. The number of nitrogens with two attached hydrogens (primary N) is 1. The van der Waals surface area contributed by atoms with Crippen LogP contribution in [-0.2, 0) is 13.2 Å². The number of thiocarbonyl (C=S) groups is 1. The fraction of sp³-hybridized carbons (Fsp3) is 0.250. The highest BCUT2D eigenvalue weighted by Gasteiger charge is 2.09. The lowest BCUT2D eigenvalue weighted by molar-refractivity contribution is 0.287. The van der Waals surface area contributed by atoms with E-state index in [2.05, 4.69) is 26.0 Å². The van der Waals surface area contributed by atoms with Gasteiger partial charge in [0.1, 0.15) is 23.7 Å². The van der Waals surface area contributed by atoms with Crippen molar-refractivity contribution in [2.45, 2.75) is 20.1 Å². The van der Waals surface area contributed by atoms with Crippen LogP contribution in [0.25, 0.3) is 0 Å². The summed E-state index contributed by atoms with van der Waals surface area (Å²) in [6.45, 7) is 3.07. The van der Waals surface area contributed by atoms with Gasteiger partial charge in [-0.2, -0.15) is 5.10 Å². The summed E-state index contributed by atoms with van der Waals surface area (Å²) in [6, 6.07) is 5.54. The molecule has 0 radical (unpaired) electrons. The number of ether oxygens (including phenoxy) is 1. The van der Waals surface area contributed by atoms with E-state index < -0.39 is 0 Å². The van der Waals surface area contributed by atoms with E-state index in [4.69, 9.17) is 22.7 Å². The van der Waals surface area contributed by atoms with Gasteiger partial charge in [0.25, 0.3) is 0 Å². The number of benzene rings is 1. The Labute approximate surface area is 124 Å². The minimum atomic E-state index is 0.299. The second-order valence-corrected chi connectivity index (χ2v) is 5.14. The molecule has 1 aromatic carbocycles. The maximum atomic E-state index is 5.73. The number of aromatic nitrogens is 3. The van der Waals surface area contributed by atoms with E-state index in [9.17, 15) is 0 Å². The maximum Gasteiger partial charge on any atom is 0.164 e. The molecule has 0 saturated heterocycles. The summed E-state index contributed by atoms with van der Waals surface area (Å²) in [4.78, 5) is 4.45. The van der Waals surface area contributed by atoms with Crippen LogP contribution in [0.3, 0.4) is 0 Å². The zero-order valence-electron chi connectivity index (χ0n) is 10.3. The van der Waals surface area contributed by atoms with Crippen molar-refractivity contribution in [3.05, 3.63) is 40.4 Å². The van der Waals surface area contributed by atoms with Crippen molar-refractivity contribution in [2.24, 2.45) is 5.73 Å². The van der Waals surface area contributed by atoms with E-state index in [1.807, 2.05) is 25.1 Å². The maximum absolute atomic E-state index is 5.73. The highest BCUT2D eigenvalue weighted by molar-refractivity contribution is 9.10. The molecule has 0 aliphatic rings. The fourth-order valence-electron chi connectivity index (χ4n) is 1.63. The second-order valence-electron chi connectivity index (χ2n) is 3.79. The van der Waals surface area contributed by atoms with Crippen LogP contribution < -0.4 is 10.5 Å². The van der Waals surface area contributed by atoms with Gasteiger partial charge in [0.2, 0.25) is 0 Å². The molecule has 0 spiro atoms. The largest absolute Gasteiger partial charge is 0.485 e. The molecular weight excluding hydrogens is 328 g/mol. The smallest absolute Gasteiger partial charge is 0.164 e. The van der Waals surface area contributed by atoms with Crippen molar-refractivity contribution < 1.29 is 4.74 Å². The van der Waals surface area contributed by atoms with Gasteiger partial charge in [-0.1, -0.05) is 28.1 Å². The van der Waals surface area contributed by atoms with E-state index in [1.165, 1.54) is 6.33 Å². The molecule has 2 N–H and O–H groups in total. The SMILES string of the molecule is CCn1ncnc1COc1ccc(Br)cc1C(N)=S. The molecule has 2 rings (SSSR count). The Morgan fingerprint density at radius 2 is 2.32 bits per heavy atom. The molecule has 0 saturated carbocycles. The van der Waals surface area contributed by atoms with Gasteiger partial charge >= 0.3 is 0 Å². The summed E-state index contributed by atoms with van der Waals surface area (Å²) in [5, 5.41) is 4.09. The number of halogens is 1. The highest BCUT2D eigenvalue weighted by atomic mass is 79.9. The number of aryl methyl sites for hydroxylation is 1. The van der Waals surface area contributed by atoms with Crippen LogP contribution in [0.15, 0.2) is 29.0 Å². The zero-order chi connectivity index (χ0) is 13.8. The Bertz CT molecular complexity index is 599. The summed E-state index contributed by atoms with van der Waals surface area (Å²) in [7, 11) is 0. The van der Waals surface area contributed by atoms with Crippen LogP contribution in [-0.4, -0.2) is 19.8 Å². The third kappa shape index (κ3) is 3.30. The molecule has 7 heteroatoms. The summed E-state index contributed by atoms with van der Waals surface area (Å²) < 4.78 is 8.41. The van der Waals surface area contributed by atoms with Gasteiger partial charge in [-0.25, -0.2) is 9.67 Å². The van der Waals surface area contributed by atoms with E-state index in [1.54, 1.807) is 4.68 Å². The van der Waals surface area contributed by atoms with E-state index in [-0.39, 0.29) is 0 Å². The first kappa shape index (κ1) is 14.0. The normalized spacial score (nSPS) is 10.4. The van der Waals surface area contributed by atoms with Gasteiger partial charge in [0, 0.05) is 11.0 Å². The van der Waals surface area contributed by atoms with Crippen molar-refractivity contribution >= 4 is 33.1 Å². The predicted molar refractivity (Wildman–Crippen MR) is 80.1 cm³/mol. The standard InChI is InChI=1S/C12H13BrN4OS/c1-2-17-11(15-7-16-17)6-18-10-4-3-8(13)5-9(10)12(14)19/h3-5,7H,2,6H2,1H3,(H2,14,19). The van der Waals surface area contributed by atoms with E-state index >= 15 is 0 Å². The summed E-state index contributed by atoms with van der Waals surface area (Å²) in [6.07, 6.45) is 1.51. The first-order valence-electron chi connectivity index (χ1n) is 5.70. The van der Waals surface area contributed by atoms with Gasteiger partial charge in [0.15, 0.2) is 5.82 Å². The molecule has 1 heterocycles. The third-order valence-corrected chi connectivity index (χ3v) is 3.27. The predicted octanol–water partition coefficient (Wildman–Crippen LogP) is 2.27. The molecule has 0 unspecified atom stereocenters. The van der Waals surface area contributed by atoms with Gasteiger partial charge < -0.3 is 10.5 Å². The number of rotatable bonds is 5. The molecule has 0 aliphatic heterocycles. The average molecular weight is 341 g/mol. The third-order valence-electron chi connectivity index (χ3n) is 2.56. The number of nitrogens with zero attached hydrogens (tertiary/aromatic N) is 3. The van der Waals surface area contributed by atoms with Crippen molar-refractivity contribution in [2.75, 3.05) is 0 Å². The van der Waals surface area contributed by atoms with Crippen molar-refractivity contribution in [1.29, 1.82) is 0 Å². The molecule has 0 bridgehead atoms. The van der Waals surface area contributed by atoms with E-state index in [0.29, 0.717) is 22.9 Å². The Balaban J connectivity index is 2.18. The molecule has 5 nitrogen and oxygen atoms in total. The van der Waals surface area contributed by atoms with Crippen molar-refractivity contribution in [3.63, 3.8) is 0 Å². The quantitative estimate of drug-likeness (QED) is 0.845. The fourth-order valence-corrected chi connectivity index (χ4v) is 2.15. The molecule has 0 atom stereocenters. The Morgan fingerprint density at radius 1 is 1.53 bits per heavy atom. The van der Waals surface area contributed by atoms with Crippen LogP contribution in [0.2, 0.25) is 0 Å². The molecule has 19 heavy (non-hydrogen) atoms. The first-order chi connectivity index (χ1) is 9.11. The molecule has 0 aliphatic carbocycles. The molecule has 0 fully saturated rings. The molecule has 2 aromatic rings.